The quantitative estimate of drug-likeness (QED) is 0.906. The summed E-state index contributed by atoms with van der Waals surface area (Å²) in [6.07, 6.45) is 0.869. The fourth-order valence-electron chi connectivity index (χ4n) is 1.96. The molecule has 0 bridgehead atoms. The van der Waals surface area contributed by atoms with Crippen molar-refractivity contribution in [3.05, 3.63) is 17.6 Å². The SMILES string of the molecule is Cc1oc(CO)cc1S(=O)(=O)N1CCCSCC1. The van der Waals surface area contributed by atoms with Gasteiger partial charge in [0, 0.05) is 24.9 Å². The van der Waals surface area contributed by atoms with Crippen molar-refractivity contribution in [2.24, 2.45) is 0 Å². The van der Waals surface area contributed by atoms with Gasteiger partial charge in [-0.3, -0.25) is 0 Å². The first-order valence-electron chi connectivity index (χ1n) is 5.84. The van der Waals surface area contributed by atoms with Crippen molar-refractivity contribution in [2.75, 3.05) is 24.6 Å². The van der Waals surface area contributed by atoms with Crippen molar-refractivity contribution in [1.82, 2.24) is 4.31 Å². The number of nitrogens with zero attached hydrogens (tertiary/aromatic N) is 1. The van der Waals surface area contributed by atoms with E-state index in [0.29, 0.717) is 18.8 Å². The average Bonchev–Trinajstić information content (AvgIpc) is 2.55. The summed E-state index contributed by atoms with van der Waals surface area (Å²) in [6, 6.07) is 1.42. The second-order valence-electron chi connectivity index (χ2n) is 4.16. The smallest absolute Gasteiger partial charge is 0.246 e. The Labute approximate surface area is 111 Å². The molecule has 7 heteroatoms. The molecule has 0 radical (unpaired) electrons. The topological polar surface area (TPSA) is 70.8 Å². The number of aliphatic hydroxyl groups excluding tert-OH is 1. The number of thioether (sulfide) groups is 1. The Balaban J connectivity index is 2.31. The third-order valence-corrected chi connectivity index (χ3v) is 5.93. The van der Waals surface area contributed by atoms with Crippen LogP contribution in [0.1, 0.15) is 17.9 Å². The van der Waals surface area contributed by atoms with E-state index in [1.54, 1.807) is 18.7 Å². The maximum absolute atomic E-state index is 12.5. The molecule has 1 aliphatic heterocycles. The number of rotatable bonds is 3. The molecule has 0 aliphatic carbocycles. The molecule has 18 heavy (non-hydrogen) atoms. The van der Waals surface area contributed by atoms with E-state index in [0.717, 1.165) is 17.9 Å². The number of furan rings is 1. The van der Waals surface area contributed by atoms with Crippen LogP contribution in [0, 0.1) is 6.92 Å². The summed E-state index contributed by atoms with van der Waals surface area (Å²) < 4.78 is 31.6. The van der Waals surface area contributed by atoms with Crippen LogP contribution in [-0.4, -0.2) is 42.4 Å². The standard InChI is InChI=1S/C11H17NO4S2/c1-9-11(7-10(8-13)16-9)18(14,15)12-3-2-5-17-6-4-12/h7,13H,2-6,8H2,1H3. The molecule has 2 rings (SSSR count). The maximum atomic E-state index is 12.5. The van der Waals surface area contributed by atoms with Gasteiger partial charge in [-0.2, -0.15) is 16.1 Å². The molecule has 0 atom stereocenters. The zero-order valence-corrected chi connectivity index (χ0v) is 11.9. The van der Waals surface area contributed by atoms with Gasteiger partial charge in [-0.25, -0.2) is 8.42 Å². The van der Waals surface area contributed by atoms with Crippen LogP contribution >= 0.6 is 11.8 Å². The predicted octanol–water partition coefficient (Wildman–Crippen LogP) is 1.21. The predicted molar refractivity (Wildman–Crippen MR) is 70.1 cm³/mol. The lowest BCUT2D eigenvalue weighted by molar-refractivity contribution is 0.244. The van der Waals surface area contributed by atoms with E-state index in [-0.39, 0.29) is 17.3 Å². The minimum atomic E-state index is -3.49. The van der Waals surface area contributed by atoms with E-state index >= 15 is 0 Å². The van der Waals surface area contributed by atoms with Gasteiger partial charge in [0.1, 0.15) is 23.0 Å². The Morgan fingerprint density at radius 1 is 1.44 bits per heavy atom. The highest BCUT2D eigenvalue weighted by molar-refractivity contribution is 7.99. The van der Waals surface area contributed by atoms with Gasteiger partial charge in [0.2, 0.25) is 10.0 Å². The van der Waals surface area contributed by atoms with Crippen molar-refractivity contribution in [2.45, 2.75) is 24.8 Å². The Bertz CT molecular complexity index is 501. The van der Waals surface area contributed by atoms with Gasteiger partial charge in [-0.15, -0.1) is 0 Å². The normalized spacial score (nSPS) is 18.8. The summed E-state index contributed by atoms with van der Waals surface area (Å²) in [5.41, 5.74) is 0. The Morgan fingerprint density at radius 3 is 2.89 bits per heavy atom. The van der Waals surface area contributed by atoms with Crippen molar-refractivity contribution in [3.8, 4) is 0 Å². The maximum Gasteiger partial charge on any atom is 0.246 e. The van der Waals surface area contributed by atoms with Gasteiger partial charge < -0.3 is 9.52 Å². The molecule has 1 aliphatic rings. The molecule has 1 N–H and O–H groups in total. The van der Waals surface area contributed by atoms with Crippen LogP contribution in [0.2, 0.25) is 0 Å². The Hall–Kier alpha value is -0.500. The molecule has 0 amide bonds. The van der Waals surface area contributed by atoms with Crippen molar-refractivity contribution in [1.29, 1.82) is 0 Å². The Morgan fingerprint density at radius 2 is 2.22 bits per heavy atom. The molecule has 2 heterocycles. The van der Waals surface area contributed by atoms with E-state index in [4.69, 9.17) is 9.52 Å². The molecule has 102 valence electrons. The number of hydrogen-bond acceptors (Lipinski definition) is 5. The fraction of sp³-hybridized carbons (Fsp3) is 0.636. The largest absolute Gasteiger partial charge is 0.462 e. The average molecular weight is 291 g/mol. The fourth-order valence-corrected chi connectivity index (χ4v) is 4.63. The molecule has 1 aromatic rings. The summed E-state index contributed by atoms with van der Waals surface area (Å²) in [5.74, 6) is 2.45. The van der Waals surface area contributed by atoms with E-state index in [1.807, 2.05) is 0 Å². The van der Waals surface area contributed by atoms with Crippen LogP contribution in [0.3, 0.4) is 0 Å². The second-order valence-corrected chi connectivity index (χ2v) is 7.29. The second kappa shape index (κ2) is 5.64. The van der Waals surface area contributed by atoms with E-state index in [9.17, 15) is 8.42 Å². The van der Waals surface area contributed by atoms with Crippen LogP contribution in [0.25, 0.3) is 0 Å². The van der Waals surface area contributed by atoms with Crippen LogP contribution in [0.4, 0.5) is 0 Å². The number of aliphatic hydroxyl groups is 1. The van der Waals surface area contributed by atoms with Gasteiger partial charge >= 0.3 is 0 Å². The summed E-state index contributed by atoms with van der Waals surface area (Å²) in [4.78, 5) is 0.179. The molecule has 0 saturated carbocycles. The van der Waals surface area contributed by atoms with Crippen LogP contribution < -0.4 is 0 Å². The first-order valence-corrected chi connectivity index (χ1v) is 8.43. The van der Waals surface area contributed by atoms with Crippen LogP contribution in [0.5, 0.6) is 0 Å². The molecule has 5 nitrogen and oxygen atoms in total. The summed E-state index contributed by atoms with van der Waals surface area (Å²) >= 11 is 1.78. The summed E-state index contributed by atoms with van der Waals surface area (Å²) in [7, 11) is -3.49. The lowest BCUT2D eigenvalue weighted by atomic mass is 10.4. The molecule has 0 spiro atoms. The first-order chi connectivity index (χ1) is 8.55. The molecule has 1 saturated heterocycles. The van der Waals surface area contributed by atoms with E-state index < -0.39 is 10.0 Å². The molecule has 1 fully saturated rings. The van der Waals surface area contributed by atoms with Crippen molar-refractivity contribution >= 4 is 21.8 Å². The monoisotopic (exact) mass is 291 g/mol. The molecular weight excluding hydrogens is 274 g/mol. The number of hydrogen-bond donors (Lipinski definition) is 1. The molecule has 1 aromatic heterocycles. The highest BCUT2D eigenvalue weighted by atomic mass is 32.2. The Kier molecular flexibility index (Phi) is 4.37. The van der Waals surface area contributed by atoms with Gasteiger partial charge in [-0.05, 0) is 19.1 Å². The lowest BCUT2D eigenvalue weighted by Gasteiger charge is -2.18. The summed E-state index contributed by atoms with van der Waals surface area (Å²) in [6.45, 7) is 2.41. The highest BCUT2D eigenvalue weighted by Crippen LogP contribution is 2.25. The van der Waals surface area contributed by atoms with E-state index in [2.05, 4.69) is 0 Å². The minimum absolute atomic E-state index is 0.179. The lowest BCUT2D eigenvalue weighted by Crippen LogP contribution is -2.33. The van der Waals surface area contributed by atoms with Gasteiger partial charge in [0.05, 0.1) is 0 Å². The van der Waals surface area contributed by atoms with Crippen molar-refractivity contribution in [3.63, 3.8) is 0 Å². The van der Waals surface area contributed by atoms with Gasteiger partial charge in [-0.1, -0.05) is 0 Å². The third-order valence-electron chi connectivity index (χ3n) is 2.88. The first kappa shape index (κ1) is 13.9. The zero-order valence-electron chi connectivity index (χ0n) is 10.3. The molecule has 0 aromatic carbocycles. The summed E-state index contributed by atoms with van der Waals surface area (Å²) in [5, 5.41) is 8.99. The number of aryl methyl sites for hydroxylation is 1. The van der Waals surface area contributed by atoms with Gasteiger partial charge in [0.25, 0.3) is 0 Å². The van der Waals surface area contributed by atoms with Crippen molar-refractivity contribution < 1.29 is 17.9 Å². The highest BCUT2D eigenvalue weighted by Gasteiger charge is 2.29. The van der Waals surface area contributed by atoms with Crippen LogP contribution in [0.15, 0.2) is 15.4 Å². The van der Waals surface area contributed by atoms with E-state index in [1.165, 1.54) is 10.4 Å². The third kappa shape index (κ3) is 2.74. The van der Waals surface area contributed by atoms with Crippen LogP contribution in [-0.2, 0) is 16.6 Å². The molecule has 0 unspecified atom stereocenters. The molecular formula is C11H17NO4S2. The zero-order chi connectivity index (χ0) is 13.2. The number of sulfonamides is 1. The minimum Gasteiger partial charge on any atom is -0.462 e. The van der Waals surface area contributed by atoms with Gasteiger partial charge in [0.15, 0.2) is 0 Å².